The van der Waals surface area contributed by atoms with Gasteiger partial charge in [-0.05, 0) is 56.6 Å². The molecule has 4 N–H and O–H groups in total. The van der Waals surface area contributed by atoms with Crippen LogP contribution in [-0.4, -0.2) is 49.5 Å². The molecule has 1 aliphatic rings. The number of primary sulfonamides is 1. The first-order chi connectivity index (χ1) is 16.2. The molecule has 2 heterocycles. The second-order valence-electron chi connectivity index (χ2n) is 8.31. The Balaban J connectivity index is 1.49. The molecule has 1 aliphatic heterocycles. The van der Waals surface area contributed by atoms with Gasteiger partial charge in [0.05, 0.1) is 11.1 Å². The van der Waals surface area contributed by atoms with E-state index in [4.69, 9.17) is 9.88 Å². The molecule has 1 fully saturated rings. The molecule has 3 aromatic rings. The first kappa shape index (κ1) is 23.9. The van der Waals surface area contributed by atoms with Crippen LogP contribution in [0.15, 0.2) is 53.6 Å². The third kappa shape index (κ3) is 5.99. The third-order valence-corrected chi connectivity index (χ3v) is 6.61. The lowest BCUT2D eigenvalue weighted by Gasteiger charge is -2.29. The molecule has 0 radical (unpaired) electrons. The quantitative estimate of drug-likeness (QED) is 0.464. The molecule has 1 saturated heterocycles. The van der Waals surface area contributed by atoms with Crippen molar-refractivity contribution in [3.63, 3.8) is 0 Å². The van der Waals surface area contributed by atoms with Gasteiger partial charge in [-0.25, -0.2) is 22.9 Å². The predicted octanol–water partition coefficient (Wildman–Crippen LogP) is 3.53. The van der Waals surface area contributed by atoms with Crippen LogP contribution >= 0.6 is 0 Å². The topological polar surface area (TPSA) is 122 Å². The molecule has 0 saturated carbocycles. The average molecular weight is 487 g/mol. The second-order valence-corrected chi connectivity index (χ2v) is 9.84. The van der Waals surface area contributed by atoms with E-state index in [1.54, 1.807) is 31.2 Å². The number of nitrogens with zero attached hydrogens (tertiary/aromatic N) is 3. The van der Waals surface area contributed by atoms with Gasteiger partial charge in [0.15, 0.2) is 11.6 Å². The molecular formula is C23H27FN6O3S. The van der Waals surface area contributed by atoms with E-state index in [1.165, 1.54) is 6.07 Å². The minimum Gasteiger partial charge on any atom is -0.490 e. The van der Waals surface area contributed by atoms with E-state index < -0.39 is 15.8 Å². The van der Waals surface area contributed by atoms with Crippen LogP contribution in [0.4, 0.5) is 27.5 Å². The van der Waals surface area contributed by atoms with Crippen molar-refractivity contribution >= 4 is 33.2 Å². The number of piperidine rings is 1. The van der Waals surface area contributed by atoms with Gasteiger partial charge in [-0.2, -0.15) is 4.98 Å². The van der Waals surface area contributed by atoms with Crippen LogP contribution in [0.3, 0.4) is 0 Å². The standard InChI is InChI=1S/C23H27FN6O3S/c1-15-6-7-17(13-21(15)34(25,31)32)28-23-26-14-20(24)22(29-23)27-16-4-3-5-19(12-16)33-18-8-10-30(2)11-9-18/h3-7,12-14,18H,8-11H2,1-2H3,(H2,25,31,32)(H2,26,27,28,29). The zero-order valence-electron chi connectivity index (χ0n) is 19.0. The lowest BCUT2D eigenvalue weighted by Crippen LogP contribution is -2.35. The molecule has 0 amide bonds. The molecule has 0 spiro atoms. The van der Waals surface area contributed by atoms with Gasteiger partial charge in [0.1, 0.15) is 11.9 Å². The van der Waals surface area contributed by atoms with E-state index in [-0.39, 0.29) is 22.8 Å². The number of anilines is 4. The fourth-order valence-corrected chi connectivity index (χ4v) is 4.52. The summed E-state index contributed by atoms with van der Waals surface area (Å²) in [7, 11) is -1.79. The van der Waals surface area contributed by atoms with Crippen LogP contribution in [0, 0.1) is 12.7 Å². The first-order valence-corrected chi connectivity index (χ1v) is 12.4. The minimum atomic E-state index is -3.89. The van der Waals surface area contributed by atoms with E-state index in [1.807, 2.05) is 12.1 Å². The minimum absolute atomic E-state index is 0.0145. The highest BCUT2D eigenvalue weighted by molar-refractivity contribution is 7.89. The summed E-state index contributed by atoms with van der Waals surface area (Å²) in [5, 5.41) is 11.1. The number of hydrogen-bond acceptors (Lipinski definition) is 8. The van der Waals surface area contributed by atoms with E-state index >= 15 is 0 Å². The number of rotatable bonds is 7. The van der Waals surface area contributed by atoms with Crippen LogP contribution < -0.4 is 20.5 Å². The second kappa shape index (κ2) is 9.92. The Bertz CT molecular complexity index is 1280. The SMILES string of the molecule is Cc1ccc(Nc2ncc(F)c(Nc3cccc(OC4CCN(C)CC4)c3)n2)cc1S(N)(=O)=O. The van der Waals surface area contributed by atoms with Crippen molar-refractivity contribution in [2.45, 2.75) is 30.8 Å². The van der Waals surface area contributed by atoms with E-state index in [0.29, 0.717) is 22.7 Å². The number of ether oxygens (including phenoxy) is 1. The average Bonchev–Trinajstić information content (AvgIpc) is 2.78. The molecule has 0 aliphatic carbocycles. The molecule has 0 unspecified atom stereocenters. The third-order valence-electron chi connectivity index (χ3n) is 5.56. The molecule has 34 heavy (non-hydrogen) atoms. The van der Waals surface area contributed by atoms with Gasteiger partial charge in [-0.15, -0.1) is 0 Å². The van der Waals surface area contributed by atoms with Crippen LogP contribution in [0.1, 0.15) is 18.4 Å². The normalized spacial score (nSPS) is 15.2. The number of halogens is 1. The largest absolute Gasteiger partial charge is 0.490 e. The van der Waals surface area contributed by atoms with Gasteiger partial charge in [-0.1, -0.05) is 12.1 Å². The summed E-state index contributed by atoms with van der Waals surface area (Å²) in [6.45, 7) is 3.62. The summed E-state index contributed by atoms with van der Waals surface area (Å²) >= 11 is 0. The Morgan fingerprint density at radius 1 is 1.12 bits per heavy atom. The maximum absolute atomic E-state index is 14.4. The summed E-state index contributed by atoms with van der Waals surface area (Å²) in [5.74, 6) is 0.114. The van der Waals surface area contributed by atoms with Crippen molar-refractivity contribution in [3.05, 3.63) is 60.0 Å². The number of aryl methyl sites for hydroxylation is 1. The van der Waals surface area contributed by atoms with Gasteiger partial charge in [0, 0.05) is 30.5 Å². The summed E-state index contributed by atoms with van der Waals surface area (Å²) in [6, 6.07) is 11.9. The van der Waals surface area contributed by atoms with Gasteiger partial charge in [0.25, 0.3) is 0 Å². The van der Waals surface area contributed by atoms with Crippen molar-refractivity contribution in [2.75, 3.05) is 30.8 Å². The highest BCUT2D eigenvalue weighted by Crippen LogP contribution is 2.26. The molecule has 0 atom stereocenters. The lowest BCUT2D eigenvalue weighted by atomic mass is 10.1. The Kier molecular flexibility index (Phi) is 6.96. The van der Waals surface area contributed by atoms with E-state index in [2.05, 4.69) is 32.5 Å². The van der Waals surface area contributed by atoms with E-state index in [9.17, 15) is 12.8 Å². The number of nitrogens with one attached hydrogen (secondary N) is 2. The van der Waals surface area contributed by atoms with Crippen LogP contribution in [0.25, 0.3) is 0 Å². The maximum Gasteiger partial charge on any atom is 0.238 e. The van der Waals surface area contributed by atoms with Gasteiger partial charge >= 0.3 is 0 Å². The molecular weight excluding hydrogens is 459 g/mol. The van der Waals surface area contributed by atoms with Crippen molar-refractivity contribution in [1.82, 2.24) is 14.9 Å². The summed E-state index contributed by atoms with van der Waals surface area (Å²) in [5.41, 5.74) is 1.53. The van der Waals surface area contributed by atoms with Crippen LogP contribution in [0.2, 0.25) is 0 Å². The number of likely N-dealkylation sites (tertiary alicyclic amines) is 1. The number of hydrogen-bond donors (Lipinski definition) is 3. The fourth-order valence-electron chi connectivity index (χ4n) is 3.71. The fraction of sp³-hybridized carbons (Fsp3) is 0.304. The Morgan fingerprint density at radius 3 is 2.59 bits per heavy atom. The molecule has 1 aromatic heterocycles. The molecule has 180 valence electrons. The molecule has 0 bridgehead atoms. The van der Waals surface area contributed by atoms with Crippen molar-refractivity contribution in [3.8, 4) is 5.75 Å². The molecule has 11 heteroatoms. The van der Waals surface area contributed by atoms with Crippen LogP contribution in [0.5, 0.6) is 5.75 Å². The number of benzene rings is 2. The van der Waals surface area contributed by atoms with Crippen LogP contribution in [-0.2, 0) is 10.0 Å². The molecule has 9 nitrogen and oxygen atoms in total. The number of nitrogens with two attached hydrogens (primary N) is 1. The Hall–Kier alpha value is -3.28. The lowest BCUT2D eigenvalue weighted by molar-refractivity contribution is 0.114. The van der Waals surface area contributed by atoms with E-state index in [0.717, 1.165) is 32.1 Å². The Labute approximate surface area is 198 Å². The van der Waals surface area contributed by atoms with Gasteiger partial charge < -0.3 is 20.3 Å². The first-order valence-electron chi connectivity index (χ1n) is 10.8. The highest BCUT2D eigenvalue weighted by atomic mass is 32.2. The monoisotopic (exact) mass is 486 g/mol. The Morgan fingerprint density at radius 2 is 1.85 bits per heavy atom. The van der Waals surface area contributed by atoms with Crippen molar-refractivity contribution in [1.29, 1.82) is 0 Å². The van der Waals surface area contributed by atoms with Crippen molar-refractivity contribution < 1.29 is 17.5 Å². The maximum atomic E-state index is 14.4. The smallest absolute Gasteiger partial charge is 0.238 e. The van der Waals surface area contributed by atoms with Crippen molar-refractivity contribution in [2.24, 2.45) is 5.14 Å². The number of sulfonamides is 1. The number of aromatic nitrogens is 2. The predicted molar refractivity (Wildman–Crippen MR) is 129 cm³/mol. The van der Waals surface area contributed by atoms with Gasteiger partial charge in [-0.3, -0.25) is 0 Å². The summed E-state index contributed by atoms with van der Waals surface area (Å²) < 4.78 is 44.1. The van der Waals surface area contributed by atoms with Gasteiger partial charge in [0.2, 0.25) is 16.0 Å². The molecule has 4 rings (SSSR count). The summed E-state index contributed by atoms with van der Waals surface area (Å²) in [4.78, 5) is 10.4. The summed E-state index contributed by atoms with van der Waals surface area (Å²) in [6.07, 6.45) is 3.09. The zero-order valence-corrected chi connectivity index (χ0v) is 19.8. The zero-order chi connectivity index (χ0) is 24.3. The molecule has 2 aromatic carbocycles. The highest BCUT2D eigenvalue weighted by Gasteiger charge is 2.18.